The number of aryl methyl sites for hydroxylation is 1. The van der Waals surface area contributed by atoms with E-state index in [1.165, 1.54) is 29.7 Å². The van der Waals surface area contributed by atoms with Gasteiger partial charge in [-0.15, -0.1) is 0 Å². The van der Waals surface area contributed by atoms with Crippen molar-refractivity contribution >= 4 is 46.5 Å². The molecule has 4 aromatic rings. The lowest BCUT2D eigenvalue weighted by atomic mass is 9.86. The van der Waals surface area contributed by atoms with E-state index < -0.39 is 89.2 Å². The number of hydrogen-bond donors (Lipinski definition) is 7. The van der Waals surface area contributed by atoms with Gasteiger partial charge in [-0.3, -0.25) is 9.59 Å². The standard InChI is InChI=1S/C43H46N4O16/c1-7-21-23-14-20(10-12-27(23)46-30-24(21)16-47-28(30)15-26-25(36(47)52)17-59-40(56)43(26,58)8-2)60-38(55)22-11-9-19(45-35(51)18(3)44-41(57)63-42(4,5)6)13-29(22)61-39-33(50)31(48)32(49)34(62-39)37(53)54/h9-15,18,31-34,39,48-50,58H,7-8,16-17H2,1-6H3,(H,44,57)(H,45,51)(H,53,54)/t18-,31-,32-,33+,34-,39+,43-/m0/s1. The number of ether oxygens (including phenoxy) is 5. The van der Waals surface area contributed by atoms with Crippen LogP contribution in [0.15, 0.2) is 47.3 Å². The zero-order valence-corrected chi connectivity index (χ0v) is 35.0. The molecule has 334 valence electrons. The summed E-state index contributed by atoms with van der Waals surface area (Å²) in [6.45, 7) is 9.70. The molecule has 3 aliphatic rings. The van der Waals surface area contributed by atoms with E-state index in [-0.39, 0.29) is 47.7 Å². The van der Waals surface area contributed by atoms with E-state index in [0.717, 1.165) is 11.6 Å². The highest BCUT2D eigenvalue weighted by Gasteiger charge is 2.49. The second-order valence-electron chi connectivity index (χ2n) is 16.4. The molecule has 5 heterocycles. The van der Waals surface area contributed by atoms with Crippen LogP contribution in [0.25, 0.3) is 22.3 Å². The van der Waals surface area contributed by atoms with Gasteiger partial charge in [0.05, 0.1) is 29.0 Å². The maximum absolute atomic E-state index is 14.0. The molecular weight excluding hydrogens is 828 g/mol. The molecule has 0 unspecified atom stereocenters. The topological polar surface area (TPSA) is 292 Å². The summed E-state index contributed by atoms with van der Waals surface area (Å²) >= 11 is 0. The average molecular weight is 875 g/mol. The number of nitrogens with one attached hydrogen (secondary N) is 2. The van der Waals surface area contributed by atoms with Gasteiger partial charge in [-0.2, -0.15) is 0 Å². The molecule has 1 saturated heterocycles. The fraction of sp³-hybridized carbons (Fsp3) is 0.419. The van der Waals surface area contributed by atoms with Gasteiger partial charge in [0.25, 0.3) is 5.56 Å². The van der Waals surface area contributed by atoms with Crippen LogP contribution in [0.1, 0.15) is 80.6 Å². The van der Waals surface area contributed by atoms with Gasteiger partial charge in [0.2, 0.25) is 12.2 Å². The first kappa shape index (κ1) is 44.6. The first-order valence-corrected chi connectivity index (χ1v) is 20.0. The number of fused-ring (bicyclic) bond motifs is 5. The largest absolute Gasteiger partial charge is 0.479 e. The predicted molar refractivity (Wildman–Crippen MR) is 218 cm³/mol. The molecule has 7 N–H and O–H groups in total. The minimum Gasteiger partial charge on any atom is -0.479 e. The minimum absolute atomic E-state index is 0.00253. The number of alkyl carbamates (subject to hydrolysis) is 1. The Balaban J connectivity index is 1.20. The van der Waals surface area contributed by atoms with Gasteiger partial charge >= 0.3 is 24.0 Å². The summed E-state index contributed by atoms with van der Waals surface area (Å²) in [4.78, 5) is 82.4. The number of aliphatic carboxylic acids is 1. The number of hydrogen-bond acceptors (Lipinski definition) is 16. The zero-order chi connectivity index (χ0) is 45.9. The molecule has 2 aromatic heterocycles. The summed E-state index contributed by atoms with van der Waals surface area (Å²) in [6.07, 6.45) is -10.5. The van der Waals surface area contributed by atoms with Gasteiger partial charge in [0.1, 0.15) is 53.6 Å². The Morgan fingerprint density at radius 2 is 1.73 bits per heavy atom. The van der Waals surface area contributed by atoms with Gasteiger partial charge in [-0.1, -0.05) is 13.8 Å². The summed E-state index contributed by atoms with van der Waals surface area (Å²) < 4.78 is 28.8. The Morgan fingerprint density at radius 3 is 2.40 bits per heavy atom. The molecule has 63 heavy (non-hydrogen) atoms. The number of aliphatic hydroxyl groups is 4. The highest BCUT2D eigenvalue weighted by Crippen LogP contribution is 2.41. The number of amides is 2. The SMILES string of the molecule is CCc1c2c(nc3ccc(OC(=O)c4ccc(NC(=O)[C@H](C)NC(=O)OC(C)(C)C)cc4O[C@@H]4O[C@H](C(=O)O)[C@@H](O)[C@H](O)[C@H]4O)cc13)-c1cc3c(c(=O)n1C2)COC(=O)[C@]3(O)CC. The molecule has 0 radical (unpaired) electrons. The van der Waals surface area contributed by atoms with Crippen LogP contribution >= 0.6 is 0 Å². The van der Waals surface area contributed by atoms with Crippen molar-refractivity contribution in [3.05, 3.63) is 80.6 Å². The van der Waals surface area contributed by atoms with Crippen LogP contribution in [0.3, 0.4) is 0 Å². The Morgan fingerprint density at radius 1 is 1.00 bits per heavy atom. The lowest BCUT2D eigenvalue weighted by molar-refractivity contribution is -0.271. The predicted octanol–water partition coefficient (Wildman–Crippen LogP) is 1.98. The van der Waals surface area contributed by atoms with Crippen molar-refractivity contribution in [2.75, 3.05) is 5.32 Å². The normalized spacial score (nSPS) is 23.1. The van der Waals surface area contributed by atoms with Crippen LogP contribution in [0.2, 0.25) is 0 Å². The van der Waals surface area contributed by atoms with Crippen molar-refractivity contribution in [2.45, 2.75) is 115 Å². The van der Waals surface area contributed by atoms with Crippen LogP contribution in [0, 0.1) is 0 Å². The molecule has 0 bridgehead atoms. The number of aliphatic hydroxyl groups excluding tert-OH is 3. The molecule has 20 heteroatoms. The fourth-order valence-electron chi connectivity index (χ4n) is 7.71. The molecule has 2 aromatic carbocycles. The molecule has 3 aliphatic heterocycles. The molecule has 2 amide bonds. The van der Waals surface area contributed by atoms with Crippen LogP contribution < -0.4 is 25.7 Å². The van der Waals surface area contributed by atoms with Crippen LogP contribution in [-0.2, 0) is 53.8 Å². The number of nitrogens with zero attached hydrogens (tertiary/aromatic N) is 2. The van der Waals surface area contributed by atoms with Crippen molar-refractivity contribution in [1.82, 2.24) is 14.9 Å². The highest BCUT2D eigenvalue weighted by atomic mass is 16.7. The Labute approximate surface area is 358 Å². The van der Waals surface area contributed by atoms with E-state index in [9.17, 15) is 54.3 Å². The molecule has 0 saturated carbocycles. The van der Waals surface area contributed by atoms with Crippen molar-refractivity contribution in [3.63, 3.8) is 0 Å². The highest BCUT2D eigenvalue weighted by molar-refractivity contribution is 5.99. The third-order valence-electron chi connectivity index (χ3n) is 11.0. The quantitative estimate of drug-likeness (QED) is 0.0780. The molecule has 0 spiro atoms. The van der Waals surface area contributed by atoms with E-state index in [1.54, 1.807) is 45.9 Å². The van der Waals surface area contributed by atoms with Crippen molar-refractivity contribution in [1.29, 1.82) is 0 Å². The lowest BCUT2D eigenvalue weighted by Gasteiger charge is -2.38. The maximum Gasteiger partial charge on any atom is 0.408 e. The summed E-state index contributed by atoms with van der Waals surface area (Å²) in [5.41, 5.74) is -0.341. The van der Waals surface area contributed by atoms with Gasteiger partial charge in [-0.25, -0.2) is 24.2 Å². The number of carbonyl (C=O) groups excluding carboxylic acids is 4. The number of cyclic esters (lactones) is 1. The van der Waals surface area contributed by atoms with Crippen molar-refractivity contribution < 1.29 is 73.2 Å². The number of esters is 2. The summed E-state index contributed by atoms with van der Waals surface area (Å²) in [5, 5.41) is 57.8. The monoisotopic (exact) mass is 874 g/mol. The first-order chi connectivity index (χ1) is 29.6. The summed E-state index contributed by atoms with van der Waals surface area (Å²) in [5.74, 6) is -4.64. The van der Waals surface area contributed by atoms with Crippen LogP contribution in [0.5, 0.6) is 11.5 Å². The molecule has 7 rings (SSSR count). The molecule has 1 fully saturated rings. The van der Waals surface area contributed by atoms with Gasteiger partial charge in [0, 0.05) is 28.3 Å². The van der Waals surface area contributed by atoms with Crippen molar-refractivity contribution in [3.8, 4) is 22.9 Å². The van der Waals surface area contributed by atoms with Crippen LogP contribution in [0.4, 0.5) is 10.5 Å². The van der Waals surface area contributed by atoms with E-state index in [4.69, 9.17) is 28.7 Å². The third-order valence-corrected chi connectivity index (χ3v) is 11.0. The lowest BCUT2D eigenvalue weighted by Crippen LogP contribution is -2.61. The Hall–Kier alpha value is -6.45. The molecule has 7 atom stereocenters. The average Bonchev–Trinajstić information content (AvgIpc) is 3.59. The summed E-state index contributed by atoms with van der Waals surface area (Å²) in [7, 11) is 0. The van der Waals surface area contributed by atoms with E-state index in [2.05, 4.69) is 10.6 Å². The smallest absolute Gasteiger partial charge is 0.408 e. The number of carboxylic acid groups (broad SMARTS) is 1. The second kappa shape index (κ2) is 16.7. The van der Waals surface area contributed by atoms with Gasteiger partial charge in [-0.05, 0) is 82.5 Å². The Bertz CT molecular complexity index is 2620. The number of benzene rings is 2. The van der Waals surface area contributed by atoms with Crippen molar-refractivity contribution in [2.24, 2.45) is 0 Å². The van der Waals surface area contributed by atoms with E-state index in [0.29, 0.717) is 34.3 Å². The molecular formula is C43H46N4O16. The second-order valence-corrected chi connectivity index (χ2v) is 16.4. The molecule has 20 nitrogen and oxygen atoms in total. The number of anilines is 1. The maximum atomic E-state index is 14.0. The number of carbonyl (C=O) groups is 5. The zero-order valence-electron chi connectivity index (χ0n) is 35.0. The van der Waals surface area contributed by atoms with E-state index in [1.807, 2.05) is 6.92 Å². The summed E-state index contributed by atoms with van der Waals surface area (Å²) in [6, 6.07) is 8.79. The van der Waals surface area contributed by atoms with E-state index >= 15 is 0 Å². The number of carboxylic acids is 1. The fourth-order valence-corrected chi connectivity index (χ4v) is 7.71. The first-order valence-electron chi connectivity index (χ1n) is 20.0. The third kappa shape index (κ3) is 8.30. The Kier molecular flexibility index (Phi) is 11.8. The minimum atomic E-state index is -2.04. The van der Waals surface area contributed by atoms with Gasteiger partial charge in [0.15, 0.2) is 11.7 Å². The van der Waals surface area contributed by atoms with Gasteiger partial charge < -0.3 is 64.4 Å². The van der Waals surface area contributed by atoms with Crippen LogP contribution in [-0.4, -0.2) is 107 Å². The number of rotatable bonds is 10. The number of aromatic nitrogens is 2. The number of pyridine rings is 2. The molecule has 0 aliphatic carbocycles.